The van der Waals surface area contributed by atoms with Crippen molar-refractivity contribution in [3.05, 3.63) is 51.3 Å². The summed E-state index contributed by atoms with van der Waals surface area (Å²) in [6.07, 6.45) is 1.86. The van der Waals surface area contributed by atoms with Crippen LogP contribution in [0.2, 0.25) is 10.0 Å². The number of nitriles is 1. The summed E-state index contributed by atoms with van der Waals surface area (Å²) in [7, 11) is 0. The second-order valence-corrected chi connectivity index (χ2v) is 6.64. The molecule has 1 heterocycles. The van der Waals surface area contributed by atoms with Crippen molar-refractivity contribution in [2.45, 2.75) is 33.2 Å². The summed E-state index contributed by atoms with van der Waals surface area (Å²) in [6, 6.07) is 9.34. The van der Waals surface area contributed by atoms with Crippen LogP contribution in [0.1, 0.15) is 37.2 Å². The van der Waals surface area contributed by atoms with E-state index in [4.69, 9.17) is 28.9 Å². The summed E-state index contributed by atoms with van der Waals surface area (Å²) >= 11 is 12.2. The predicted octanol–water partition coefficient (Wildman–Crippen LogP) is 4.89. The van der Waals surface area contributed by atoms with Crippen LogP contribution in [0.5, 0.6) is 0 Å². The molecule has 0 aliphatic carbocycles. The number of rotatable bonds is 5. The van der Waals surface area contributed by atoms with Crippen LogP contribution in [-0.4, -0.2) is 4.57 Å². The molecule has 0 unspecified atom stereocenters. The van der Waals surface area contributed by atoms with E-state index < -0.39 is 0 Å². The molecule has 0 spiro atoms. The van der Waals surface area contributed by atoms with Crippen molar-refractivity contribution in [3.8, 4) is 6.07 Å². The Hall–Kier alpha value is -1.63. The second kappa shape index (κ2) is 7.09. The van der Waals surface area contributed by atoms with E-state index in [1.165, 1.54) is 0 Å². The average Bonchev–Trinajstić information content (AvgIpc) is 2.75. The lowest BCUT2D eigenvalue weighted by Gasteiger charge is -2.14. The van der Waals surface area contributed by atoms with Gasteiger partial charge in [-0.2, -0.15) is 5.26 Å². The highest BCUT2D eigenvalue weighted by Gasteiger charge is 2.15. The Morgan fingerprint density at radius 2 is 2.00 bits per heavy atom. The van der Waals surface area contributed by atoms with Gasteiger partial charge in [-0.15, -0.1) is 0 Å². The van der Waals surface area contributed by atoms with Crippen LogP contribution in [0.3, 0.4) is 0 Å². The maximum atomic E-state index is 9.34. The minimum Gasteiger partial charge on any atom is -0.397 e. The third-order valence-electron chi connectivity index (χ3n) is 3.66. The van der Waals surface area contributed by atoms with E-state index in [0.29, 0.717) is 33.9 Å². The van der Waals surface area contributed by atoms with Crippen LogP contribution in [0.15, 0.2) is 24.3 Å². The topological polar surface area (TPSA) is 54.7 Å². The molecule has 0 bridgehead atoms. The number of anilines is 1. The van der Waals surface area contributed by atoms with Crippen molar-refractivity contribution >= 4 is 28.9 Å². The minimum absolute atomic E-state index is 0.517. The fourth-order valence-electron chi connectivity index (χ4n) is 2.41. The highest BCUT2D eigenvalue weighted by atomic mass is 35.5. The van der Waals surface area contributed by atoms with Crippen LogP contribution in [0.25, 0.3) is 0 Å². The summed E-state index contributed by atoms with van der Waals surface area (Å²) in [5, 5.41) is 10.5. The highest BCUT2D eigenvalue weighted by molar-refractivity contribution is 6.35. The number of hydrogen-bond acceptors (Lipinski definition) is 2. The van der Waals surface area contributed by atoms with Crippen molar-refractivity contribution < 1.29 is 0 Å². The van der Waals surface area contributed by atoms with Gasteiger partial charge in [0, 0.05) is 15.7 Å². The Balaban J connectivity index is 2.38. The molecule has 0 aliphatic heterocycles. The second-order valence-electron chi connectivity index (χ2n) is 5.80. The molecule has 3 nitrogen and oxygen atoms in total. The van der Waals surface area contributed by atoms with Gasteiger partial charge in [0.1, 0.15) is 11.8 Å². The van der Waals surface area contributed by atoms with E-state index in [0.717, 1.165) is 24.1 Å². The van der Waals surface area contributed by atoms with Gasteiger partial charge in [0.05, 0.1) is 12.2 Å². The minimum atomic E-state index is 0.517. The molecule has 22 heavy (non-hydrogen) atoms. The van der Waals surface area contributed by atoms with Gasteiger partial charge in [-0.25, -0.2) is 0 Å². The van der Waals surface area contributed by atoms with Gasteiger partial charge in [0.2, 0.25) is 0 Å². The van der Waals surface area contributed by atoms with Crippen molar-refractivity contribution in [1.82, 2.24) is 4.57 Å². The molecule has 0 saturated carbocycles. The smallest absolute Gasteiger partial charge is 0.122 e. The summed E-state index contributed by atoms with van der Waals surface area (Å²) in [5.74, 6) is 0.576. The number of nitrogen functional groups attached to an aromatic ring is 1. The third kappa shape index (κ3) is 3.76. The molecule has 0 aliphatic rings. The number of halogens is 2. The van der Waals surface area contributed by atoms with Gasteiger partial charge in [0.25, 0.3) is 0 Å². The normalized spacial score (nSPS) is 10.9. The zero-order valence-corrected chi connectivity index (χ0v) is 14.2. The van der Waals surface area contributed by atoms with Crippen molar-refractivity contribution in [2.75, 3.05) is 5.73 Å². The van der Waals surface area contributed by atoms with E-state index in [1.54, 1.807) is 18.2 Å². The Kier molecular flexibility index (Phi) is 5.39. The van der Waals surface area contributed by atoms with E-state index in [1.807, 2.05) is 10.6 Å². The summed E-state index contributed by atoms with van der Waals surface area (Å²) in [4.78, 5) is 0. The maximum absolute atomic E-state index is 9.34. The Bertz CT molecular complexity index is 711. The van der Waals surface area contributed by atoms with Gasteiger partial charge in [-0.3, -0.25) is 0 Å². The van der Waals surface area contributed by atoms with E-state index in [-0.39, 0.29) is 0 Å². The van der Waals surface area contributed by atoms with Gasteiger partial charge in [0.15, 0.2) is 0 Å². The lowest BCUT2D eigenvalue weighted by atomic mass is 10.1. The lowest BCUT2D eigenvalue weighted by molar-refractivity contribution is 0.568. The lowest BCUT2D eigenvalue weighted by Crippen LogP contribution is -2.09. The van der Waals surface area contributed by atoms with Crippen LogP contribution in [0.4, 0.5) is 5.69 Å². The molecule has 0 radical (unpaired) electrons. The van der Waals surface area contributed by atoms with Crippen LogP contribution in [-0.2, 0) is 13.0 Å². The van der Waals surface area contributed by atoms with E-state index >= 15 is 0 Å². The Morgan fingerprint density at radius 3 is 2.59 bits per heavy atom. The third-order valence-corrected chi connectivity index (χ3v) is 4.25. The molecule has 1 aromatic carbocycles. The van der Waals surface area contributed by atoms with Crippen molar-refractivity contribution in [1.29, 1.82) is 5.26 Å². The number of nitrogens with two attached hydrogens (primary N) is 1. The zero-order chi connectivity index (χ0) is 16.3. The first-order valence-corrected chi connectivity index (χ1v) is 8.00. The van der Waals surface area contributed by atoms with Gasteiger partial charge < -0.3 is 10.3 Å². The summed E-state index contributed by atoms with van der Waals surface area (Å²) in [6.45, 7) is 4.86. The fourth-order valence-corrected chi connectivity index (χ4v) is 2.88. The molecule has 0 amide bonds. The number of hydrogen-bond donors (Lipinski definition) is 1. The fraction of sp³-hybridized carbons (Fsp3) is 0.353. The molecule has 0 saturated heterocycles. The molecular weight excluding hydrogens is 317 g/mol. The van der Waals surface area contributed by atoms with Crippen LogP contribution in [0, 0.1) is 17.2 Å². The van der Waals surface area contributed by atoms with E-state index in [2.05, 4.69) is 19.9 Å². The molecule has 2 aromatic rings. The van der Waals surface area contributed by atoms with Gasteiger partial charge in [-0.1, -0.05) is 43.1 Å². The predicted molar refractivity (Wildman–Crippen MR) is 92.3 cm³/mol. The summed E-state index contributed by atoms with van der Waals surface area (Å²) < 4.78 is 1.95. The molecular formula is C17H19Cl2N3. The largest absolute Gasteiger partial charge is 0.397 e. The van der Waals surface area contributed by atoms with Crippen LogP contribution >= 0.6 is 23.2 Å². The number of benzene rings is 1. The van der Waals surface area contributed by atoms with Crippen molar-refractivity contribution in [2.24, 2.45) is 5.92 Å². The molecule has 2 N–H and O–H groups in total. The Labute approximate surface area is 141 Å². The SMILES string of the molecule is CC(C)CCc1c(N)cc(C#N)n1Cc1ccc(Cl)cc1Cl. The average molecular weight is 336 g/mol. The first-order chi connectivity index (χ1) is 10.4. The van der Waals surface area contributed by atoms with E-state index in [9.17, 15) is 5.26 Å². The molecule has 5 heteroatoms. The molecule has 1 aromatic heterocycles. The molecule has 0 atom stereocenters. The van der Waals surface area contributed by atoms with Crippen molar-refractivity contribution in [3.63, 3.8) is 0 Å². The number of nitrogens with zero attached hydrogens (tertiary/aromatic N) is 2. The van der Waals surface area contributed by atoms with Gasteiger partial charge >= 0.3 is 0 Å². The highest BCUT2D eigenvalue weighted by Crippen LogP contribution is 2.26. The Morgan fingerprint density at radius 1 is 1.27 bits per heavy atom. The number of aromatic nitrogens is 1. The van der Waals surface area contributed by atoms with Gasteiger partial charge in [-0.05, 0) is 42.5 Å². The zero-order valence-electron chi connectivity index (χ0n) is 12.7. The summed E-state index contributed by atoms with van der Waals surface area (Å²) in [5.41, 5.74) is 9.24. The first kappa shape index (κ1) is 16.7. The quantitative estimate of drug-likeness (QED) is 0.845. The first-order valence-electron chi connectivity index (χ1n) is 7.24. The molecule has 0 fully saturated rings. The monoisotopic (exact) mass is 335 g/mol. The standard InChI is InChI=1S/C17H19Cl2N3/c1-11(2)3-6-17-16(21)8-14(9-20)22(17)10-12-4-5-13(18)7-15(12)19/h4-5,7-8,11H,3,6,10,21H2,1-2H3. The van der Waals surface area contributed by atoms with Crippen LogP contribution < -0.4 is 5.73 Å². The molecule has 2 rings (SSSR count). The maximum Gasteiger partial charge on any atom is 0.122 e. The molecule has 116 valence electrons.